The van der Waals surface area contributed by atoms with Crippen LogP contribution in [-0.2, 0) is 4.79 Å². The number of anilines is 2. The average Bonchev–Trinajstić information content (AvgIpc) is 3.10. The first-order chi connectivity index (χ1) is 12.9. The van der Waals surface area contributed by atoms with Crippen LogP contribution in [0.1, 0.15) is 38.2 Å². The van der Waals surface area contributed by atoms with Crippen molar-refractivity contribution in [3.8, 4) is 5.75 Å². The molecule has 1 saturated heterocycles. The molecule has 1 aliphatic heterocycles. The fraction of sp³-hybridized carbons (Fsp3) is 0.476. The van der Waals surface area contributed by atoms with E-state index in [2.05, 4.69) is 33.9 Å². The highest BCUT2D eigenvalue weighted by atomic mass is 16.5. The van der Waals surface area contributed by atoms with Gasteiger partial charge in [-0.05, 0) is 36.6 Å². The first-order valence-electron chi connectivity index (χ1n) is 9.43. The number of hydrogen-bond donors (Lipinski definition) is 0. The zero-order valence-corrected chi connectivity index (χ0v) is 16.6. The topological polar surface area (TPSA) is 58.6 Å². The molecule has 0 saturated carbocycles. The van der Waals surface area contributed by atoms with E-state index in [9.17, 15) is 4.79 Å². The first-order valence-corrected chi connectivity index (χ1v) is 9.43. The molecule has 2 aromatic rings. The first kappa shape index (κ1) is 19.1. The van der Waals surface area contributed by atoms with Gasteiger partial charge in [0.25, 0.3) is 0 Å². The number of nitrogens with zero attached hydrogens (tertiary/aromatic N) is 4. The second-order valence-electron chi connectivity index (χ2n) is 7.46. The number of carbonyl (C=O) groups is 1. The maximum Gasteiger partial charge on any atom is 0.226 e. The molecule has 2 atom stereocenters. The van der Waals surface area contributed by atoms with Crippen LogP contribution < -0.4 is 14.5 Å². The van der Waals surface area contributed by atoms with Gasteiger partial charge in [-0.15, -0.1) is 0 Å². The summed E-state index contributed by atoms with van der Waals surface area (Å²) in [7, 11) is 3.88. The molecule has 3 rings (SSSR count). The number of ketones is 1. The number of carbonyl (C=O) groups excluding carboxylic acids is 1. The second kappa shape index (κ2) is 8.37. The van der Waals surface area contributed by atoms with E-state index < -0.39 is 0 Å². The van der Waals surface area contributed by atoms with Gasteiger partial charge < -0.3 is 19.3 Å². The van der Waals surface area contributed by atoms with Crippen LogP contribution in [0.4, 0.5) is 11.8 Å². The summed E-state index contributed by atoms with van der Waals surface area (Å²) in [6, 6.07) is 10.1. The van der Waals surface area contributed by atoms with Crippen molar-refractivity contribution in [3.05, 3.63) is 42.1 Å². The summed E-state index contributed by atoms with van der Waals surface area (Å²) < 4.78 is 6.16. The lowest BCUT2D eigenvalue weighted by molar-refractivity contribution is -0.117. The number of Topliss-reactive ketones (excluding diaryl/α,β-unsaturated/α-hetero) is 1. The van der Waals surface area contributed by atoms with Crippen LogP contribution in [0, 0.1) is 0 Å². The van der Waals surface area contributed by atoms with Crippen LogP contribution >= 0.6 is 0 Å². The van der Waals surface area contributed by atoms with Gasteiger partial charge in [-0.3, -0.25) is 0 Å². The van der Waals surface area contributed by atoms with E-state index in [0.29, 0.717) is 12.4 Å². The molecule has 0 N–H and O–H groups in total. The van der Waals surface area contributed by atoms with Gasteiger partial charge in [0.15, 0.2) is 0 Å². The SMILES string of the molecule is CC(=O)C[C@@H](C)c1ccc(O[C@@H]2CCN(c3ccnc(N(C)C)n3)C2)cc1. The molecular weight excluding hydrogens is 340 g/mol. The number of ether oxygens (including phenoxy) is 1. The van der Waals surface area contributed by atoms with E-state index in [1.54, 1.807) is 13.1 Å². The van der Waals surface area contributed by atoms with Gasteiger partial charge in [-0.1, -0.05) is 19.1 Å². The molecule has 144 valence electrons. The largest absolute Gasteiger partial charge is 0.489 e. The fourth-order valence-electron chi connectivity index (χ4n) is 3.38. The molecule has 1 fully saturated rings. The zero-order chi connectivity index (χ0) is 19.4. The van der Waals surface area contributed by atoms with Gasteiger partial charge in [0, 0.05) is 39.7 Å². The summed E-state index contributed by atoms with van der Waals surface area (Å²) >= 11 is 0. The lowest BCUT2D eigenvalue weighted by Crippen LogP contribution is -2.26. The quantitative estimate of drug-likeness (QED) is 0.747. The Balaban J connectivity index is 1.58. The highest BCUT2D eigenvalue weighted by Crippen LogP contribution is 2.25. The van der Waals surface area contributed by atoms with E-state index in [1.165, 1.54) is 5.56 Å². The molecule has 27 heavy (non-hydrogen) atoms. The van der Waals surface area contributed by atoms with Crippen LogP contribution in [-0.4, -0.2) is 49.0 Å². The summed E-state index contributed by atoms with van der Waals surface area (Å²) in [5, 5.41) is 0. The minimum Gasteiger partial charge on any atom is -0.489 e. The van der Waals surface area contributed by atoms with Gasteiger partial charge in [0.2, 0.25) is 5.95 Å². The third-order valence-corrected chi connectivity index (χ3v) is 4.84. The van der Waals surface area contributed by atoms with E-state index >= 15 is 0 Å². The molecule has 1 aromatic carbocycles. The van der Waals surface area contributed by atoms with Crippen molar-refractivity contribution >= 4 is 17.5 Å². The smallest absolute Gasteiger partial charge is 0.226 e. The summed E-state index contributed by atoms with van der Waals surface area (Å²) in [5.74, 6) is 2.98. The molecule has 0 spiro atoms. The molecular formula is C21H28N4O2. The van der Waals surface area contributed by atoms with Gasteiger partial charge in [0.1, 0.15) is 23.5 Å². The molecule has 1 aromatic heterocycles. The van der Waals surface area contributed by atoms with Crippen molar-refractivity contribution in [3.63, 3.8) is 0 Å². The number of rotatable bonds is 7. The van der Waals surface area contributed by atoms with Crippen LogP contribution in [0.15, 0.2) is 36.5 Å². The van der Waals surface area contributed by atoms with E-state index in [1.807, 2.05) is 37.2 Å². The Morgan fingerprint density at radius 2 is 2.04 bits per heavy atom. The molecule has 0 unspecified atom stereocenters. The maximum atomic E-state index is 11.3. The van der Waals surface area contributed by atoms with E-state index in [0.717, 1.165) is 31.1 Å². The predicted molar refractivity (Wildman–Crippen MR) is 108 cm³/mol. The average molecular weight is 368 g/mol. The maximum absolute atomic E-state index is 11.3. The summed E-state index contributed by atoms with van der Waals surface area (Å²) in [5.41, 5.74) is 1.17. The van der Waals surface area contributed by atoms with Gasteiger partial charge in [-0.2, -0.15) is 4.98 Å². The Kier molecular flexibility index (Phi) is 5.94. The minimum atomic E-state index is 0.142. The minimum absolute atomic E-state index is 0.142. The van der Waals surface area contributed by atoms with Crippen molar-refractivity contribution in [2.45, 2.75) is 38.7 Å². The highest BCUT2D eigenvalue weighted by Gasteiger charge is 2.25. The molecule has 0 amide bonds. The lowest BCUT2D eigenvalue weighted by atomic mass is 9.96. The van der Waals surface area contributed by atoms with Crippen molar-refractivity contribution in [2.75, 3.05) is 37.0 Å². The van der Waals surface area contributed by atoms with Crippen molar-refractivity contribution in [2.24, 2.45) is 0 Å². The monoisotopic (exact) mass is 368 g/mol. The van der Waals surface area contributed by atoms with Gasteiger partial charge in [-0.25, -0.2) is 4.98 Å². The van der Waals surface area contributed by atoms with Crippen LogP contribution in [0.3, 0.4) is 0 Å². The molecule has 2 heterocycles. The molecule has 0 radical (unpaired) electrons. The van der Waals surface area contributed by atoms with Crippen molar-refractivity contribution in [1.29, 1.82) is 0 Å². The van der Waals surface area contributed by atoms with E-state index in [-0.39, 0.29) is 17.8 Å². The standard InChI is InChI=1S/C21H28N4O2/c1-15(13-16(2)26)17-5-7-18(8-6-17)27-19-10-12-25(14-19)20-9-11-22-21(23-20)24(3)4/h5-9,11,15,19H,10,12-14H2,1-4H3/t15-,19-/m1/s1. The Hall–Kier alpha value is -2.63. The van der Waals surface area contributed by atoms with Crippen LogP contribution in [0.5, 0.6) is 5.75 Å². The zero-order valence-electron chi connectivity index (χ0n) is 16.6. The normalized spacial score (nSPS) is 17.6. The second-order valence-corrected chi connectivity index (χ2v) is 7.46. The third-order valence-electron chi connectivity index (χ3n) is 4.84. The van der Waals surface area contributed by atoms with E-state index in [4.69, 9.17) is 4.74 Å². The van der Waals surface area contributed by atoms with Crippen LogP contribution in [0.2, 0.25) is 0 Å². The van der Waals surface area contributed by atoms with Crippen LogP contribution in [0.25, 0.3) is 0 Å². The lowest BCUT2D eigenvalue weighted by Gasteiger charge is -2.20. The number of aromatic nitrogens is 2. The van der Waals surface area contributed by atoms with Gasteiger partial charge in [0.05, 0.1) is 6.54 Å². The Bertz CT molecular complexity index is 776. The Morgan fingerprint density at radius 3 is 2.70 bits per heavy atom. The summed E-state index contributed by atoms with van der Waals surface area (Å²) in [4.78, 5) is 24.3. The Morgan fingerprint density at radius 1 is 1.30 bits per heavy atom. The number of benzene rings is 1. The van der Waals surface area contributed by atoms with Crippen molar-refractivity contribution < 1.29 is 9.53 Å². The molecule has 1 aliphatic rings. The molecule has 0 aliphatic carbocycles. The van der Waals surface area contributed by atoms with Gasteiger partial charge >= 0.3 is 0 Å². The number of hydrogen-bond acceptors (Lipinski definition) is 6. The predicted octanol–water partition coefficient (Wildman–Crippen LogP) is 3.28. The summed E-state index contributed by atoms with van der Waals surface area (Å²) in [6.07, 6.45) is 3.48. The Labute approximate surface area is 161 Å². The summed E-state index contributed by atoms with van der Waals surface area (Å²) in [6.45, 7) is 5.45. The highest BCUT2D eigenvalue weighted by molar-refractivity contribution is 5.76. The van der Waals surface area contributed by atoms with Crippen molar-refractivity contribution in [1.82, 2.24) is 9.97 Å². The molecule has 6 heteroatoms. The third kappa shape index (κ3) is 4.96. The molecule has 0 bridgehead atoms. The molecule has 6 nitrogen and oxygen atoms in total. The fourth-order valence-corrected chi connectivity index (χ4v) is 3.38.